The molecule has 6 heteroatoms. The summed E-state index contributed by atoms with van der Waals surface area (Å²) >= 11 is 0. The number of nitrogens with zero attached hydrogens (tertiary/aromatic N) is 2. The summed E-state index contributed by atoms with van der Waals surface area (Å²) in [5, 5.41) is 3.21. The minimum absolute atomic E-state index is 0.132. The smallest absolute Gasteiger partial charge is 0.223 e. The Balaban J connectivity index is 1.33. The quantitative estimate of drug-likeness (QED) is 0.758. The zero-order chi connectivity index (χ0) is 19.1. The van der Waals surface area contributed by atoms with Gasteiger partial charge in [0.25, 0.3) is 0 Å². The number of carbonyl (C=O) groups is 1. The molecule has 27 heavy (non-hydrogen) atoms. The molecule has 0 radical (unpaired) electrons. The first-order chi connectivity index (χ1) is 13.1. The Morgan fingerprint density at radius 1 is 0.926 bits per heavy atom. The Morgan fingerprint density at radius 2 is 1.63 bits per heavy atom. The van der Waals surface area contributed by atoms with Gasteiger partial charge in [0.05, 0.1) is 0 Å². The molecule has 0 aliphatic carbocycles. The lowest BCUT2D eigenvalue weighted by Gasteiger charge is -2.36. The standard InChI is InChI=1S/C21H25F2N3O/c22-18-5-7-19(8-6-18)25-13-15-26(16-14-25)21(27)10-12-24-11-9-17-3-1-2-4-20(17)23/h1-8,24H,9-16H2. The molecule has 1 aliphatic rings. The number of piperazine rings is 1. The molecular weight excluding hydrogens is 348 g/mol. The second-order valence-electron chi connectivity index (χ2n) is 6.69. The second-order valence-corrected chi connectivity index (χ2v) is 6.69. The largest absolute Gasteiger partial charge is 0.368 e. The third-order valence-electron chi connectivity index (χ3n) is 4.87. The summed E-state index contributed by atoms with van der Waals surface area (Å²) in [7, 11) is 0. The summed E-state index contributed by atoms with van der Waals surface area (Å²) in [6, 6.07) is 13.2. The van der Waals surface area contributed by atoms with E-state index in [-0.39, 0.29) is 17.5 Å². The van der Waals surface area contributed by atoms with E-state index in [2.05, 4.69) is 10.2 Å². The van der Waals surface area contributed by atoms with Gasteiger partial charge in [0.15, 0.2) is 0 Å². The van der Waals surface area contributed by atoms with Crippen LogP contribution in [0.1, 0.15) is 12.0 Å². The Bertz CT molecular complexity index is 743. The van der Waals surface area contributed by atoms with Gasteiger partial charge < -0.3 is 15.1 Å². The molecule has 0 saturated carbocycles. The molecule has 3 rings (SSSR count). The van der Waals surface area contributed by atoms with Crippen molar-refractivity contribution in [3.8, 4) is 0 Å². The molecule has 0 aromatic heterocycles. The first kappa shape index (κ1) is 19.3. The summed E-state index contributed by atoms with van der Waals surface area (Å²) in [4.78, 5) is 16.4. The van der Waals surface area contributed by atoms with E-state index in [1.165, 1.54) is 18.2 Å². The molecule has 4 nitrogen and oxygen atoms in total. The summed E-state index contributed by atoms with van der Waals surface area (Å²) in [5.74, 6) is -0.295. The molecule has 1 fully saturated rings. The third-order valence-corrected chi connectivity index (χ3v) is 4.87. The summed E-state index contributed by atoms with van der Waals surface area (Å²) in [6.45, 7) is 4.07. The molecule has 0 unspecified atom stereocenters. The van der Waals surface area contributed by atoms with E-state index in [1.54, 1.807) is 24.3 Å². The lowest BCUT2D eigenvalue weighted by Crippen LogP contribution is -2.49. The Morgan fingerprint density at radius 3 is 2.33 bits per heavy atom. The molecule has 0 atom stereocenters. The maximum Gasteiger partial charge on any atom is 0.223 e. The van der Waals surface area contributed by atoms with Gasteiger partial charge in [-0.1, -0.05) is 18.2 Å². The van der Waals surface area contributed by atoms with E-state index in [1.807, 2.05) is 11.0 Å². The summed E-state index contributed by atoms with van der Waals surface area (Å²) in [5.41, 5.74) is 1.67. The minimum atomic E-state index is -0.241. The van der Waals surface area contributed by atoms with Crippen molar-refractivity contribution in [2.24, 2.45) is 0 Å². The van der Waals surface area contributed by atoms with Crippen LogP contribution in [0.5, 0.6) is 0 Å². The maximum absolute atomic E-state index is 13.5. The van der Waals surface area contributed by atoms with Crippen molar-refractivity contribution >= 4 is 11.6 Å². The average Bonchev–Trinajstić information content (AvgIpc) is 2.69. The van der Waals surface area contributed by atoms with Gasteiger partial charge in [-0.05, 0) is 48.9 Å². The highest BCUT2D eigenvalue weighted by Gasteiger charge is 2.20. The lowest BCUT2D eigenvalue weighted by atomic mass is 10.1. The number of benzene rings is 2. The van der Waals surface area contributed by atoms with Crippen LogP contribution >= 0.6 is 0 Å². The number of amides is 1. The fraction of sp³-hybridized carbons (Fsp3) is 0.381. The normalized spacial score (nSPS) is 14.4. The van der Waals surface area contributed by atoms with Crippen LogP contribution in [0.4, 0.5) is 14.5 Å². The molecule has 1 saturated heterocycles. The van der Waals surface area contributed by atoms with E-state index in [0.717, 1.165) is 18.8 Å². The number of rotatable bonds is 7. The second kappa shape index (κ2) is 9.46. The van der Waals surface area contributed by atoms with Crippen molar-refractivity contribution in [2.45, 2.75) is 12.8 Å². The SMILES string of the molecule is O=C(CCNCCc1ccccc1F)N1CCN(c2ccc(F)cc2)CC1. The first-order valence-corrected chi connectivity index (χ1v) is 9.36. The molecule has 1 amide bonds. The van der Waals surface area contributed by atoms with Gasteiger partial charge in [-0.2, -0.15) is 0 Å². The Labute approximate surface area is 158 Å². The predicted molar refractivity (Wildman–Crippen MR) is 103 cm³/mol. The number of anilines is 1. The van der Waals surface area contributed by atoms with Crippen LogP contribution in [0.3, 0.4) is 0 Å². The first-order valence-electron chi connectivity index (χ1n) is 9.36. The number of hydrogen-bond donors (Lipinski definition) is 1. The molecular formula is C21H25F2N3O. The average molecular weight is 373 g/mol. The van der Waals surface area contributed by atoms with Crippen LogP contribution < -0.4 is 10.2 Å². The molecule has 0 spiro atoms. The molecule has 1 N–H and O–H groups in total. The molecule has 2 aromatic carbocycles. The highest BCUT2D eigenvalue weighted by Crippen LogP contribution is 2.17. The number of carbonyl (C=O) groups excluding carboxylic acids is 1. The summed E-state index contributed by atoms with van der Waals surface area (Å²) in [6.07, 6.45) is 1.05. The van der Waals surface area contributed by atoms with Crippen LogP contribution in [-0.2, 0) is 11.2 Å². The monoisotopic (exact) mass is 373 g/mol. The van der Waals surface area contributed by atoms with Crippen molar-refractivity contribution in [3.05, 3.63) is 65.7 Å². The fourth-order valence-electron chi connectivity index (χ4n) is 3.27. The van der Waals surface area contributed by atoms with Gasteiger partial charge in [-0.3, -0.25) is 4.79 Å². The Hall–Kier alpha value is -2.47. The van der Waals surface area contributed by atoms with Crippen molar-refractivity contribution < 1.29 is 13.6 Å². The van der Waals surface area contributed by atoms with Gasteiger partial charge in [0, 0.05) is 44.8 Å². The molecule has 2 aromatic rings. The maximum atomic E-state index is 13.5. The van der Waals surface area contributed by atoms with Gasteiger partial charge in [-0.25, -0.2) is 8.78 Å². The van der Waals surface area contributed by atoms with E-state index in [0.29, 0.717) is 44.6 Å². The van der Waals surface area contributed by atoms with Crippen molar-refractivity contribution in [1.29, 1.82) is 0 Å². The van der Waals surface area contributed by atoms with Gasteiger partial charge in [-0.15, -0.1) is 0 Å². The lowest BCUT2D eigenvalue weighted by molar-refractivity contribution is -0.131. The minimum Gasteiger partial charge on any atom is -0.368 e. The van der Waals surface area contributed by atoms with E-state index in [4.69, 9.17) is 0 Å². The fourth-order valence-corrected chi connectivity index (χ4v) is 3.27. The zero-order valence-electron chi connectivity index (χ0n) is 15.3. The van der Waals surface area contributed by atoms with E-state index in [9.17, 15) is 13.6 Å². The van der Waals surface area contributed by atoms with Crippen LogP contribution in [0.25, 0.3) is 0 Å². The van der Waals surface area contributed by atoms with Crippen LogP contribution in [0.15, 0.2) is 48.5 Å². The predicted octanol–water partition coefficient (Wildman–Crippen LogP) is 2.84. The highest BCUT2D eigenvalue weighted by atomic mass is 19.1. The van der Waals surface area contributed by atoms with Crippen molar-refractivity contribution in [1.82, 2.24) is 10.2 Å². The molecule has 144 valence electrons. The van der Waals surface area contributed by atoms with Crippen LogP contribution in [0.2, 0.25) is 0 Å². The van der Waals surface area contributed by atoms with E-state index >= 15 is 0 Å². The van der Waals surface area contributed by atoms with Crippen molar-refractivity contribution in [2.75, 3.05) is 44.2 Å². The number of halogens is 2. The van der Waals surface area contributed by atoms with Gasteiger partial charge >= 0.3 is 0 Å². The Kier molecular flexibility index (Phi) is 6.76. The van der Waals surface area contributed by atoms with Crippen molar-refractivity contribution in [3.63, 3.8) is 0 Å². The zero-order valence-corrected chi connectivity index (χ0v) is 15.3. The number of hydrogen-bond acceptors (Lipinski definition) is 3. The van der Waals surface area contributed by atoms with Crippen LogP contribution in [0, 0.1) is 11.6 Å². The molecule has 1 heterocycles. The number of nitrogens with one attached hydrogen (secondary N) is 1. The summed E-state index contributed by atoms with van der Waals surface area (Å²) < 4.78 is 26.5. The third kappa shape index (κ3) is 5.50. The van der Waals surface area contributed by atoms with Crippen LogP contribution in [-0.4, -0.2) is 50.1 Å². The molecule has 1 aliphatic heterocycles. The highest BCUT2D eigenvalue weighted by molar-refractivity contribution is 5.76. The van der Waals surface area contributed by atoms with E-state index < -0.39 is 0 Å². The van der Waals surface area contributed by atoms with Gasteiger partial charge in [0.1, 0.15) is 11.6 Å². The topological polar surface area (TPSA) is 35.6 Å². The molecule has 0 bridgehead atoms. The van der Waals surface area contributed by atoms with Gasteiger partial charge in [0.2, 0.25) is 5.91 Å².